The average Bonchev–Trinajstić information content (AvgIpc) is 3.21. The van der Waals surface area contributed by atoms with E-state index in [4.69, 9.17) is 20.8 Å². The van der Waals surface area contributed by atoms with E-state index in [9.17, 15) is 17.3 Å². The topological polar surface area (TPSA) is 33.5 Å². The number of ether oxygens (including phenoxy) is 1. The molecule has 0 N–H and O–H groups in total. The van der Waals surface area contributed by atoms with Crippen molar-refractivity contribution in [2.24, 2.45) is 0 Å². The van der Waals surface area contributed by atoms with Crippen molar-refractivity contribution in [3.8, 4) is 17.1 Å². The molecular formula is C48H50BClF4N4O2. The highest BCUT2D eigenvalue weighted by molar-refractivity contribution is 6.50. The van der Waals surface area contributed by atoms with E-state index in [1.54, 1.807) is 0 Å². The second-order valence-corrected chi connectivity index (χ2v) is 15.9. The number of hydrogen-bond acceptors (Lipinski definition) is 5. The van der Waals surface area contributed by atoms with Crippen LogP contribution in [0.5, 0.6) is 5.75 Å². The van der Waals surface area contributed by atoms with Gasteiger partial charge in [-0.1, -0.05) is 35.9 Å². The molecule has 1 aliphatic carbocycles. The molecule has 0 unspecified atom stereocenters. The fourth-order valence-electron chi connectivity index (χ4n) is 6.95. The van der Waals surface area contributed by atoms with Gasteiger partial charge in [0.05, 0.1) is 23.1 Å². The highest BCUT2D eigenvalue weighted by Gasteiger charge is 2.23. The number of nitrogens with zero attached hydrogens (tertiary/aromatic N) is 4. The number of halogens is 5. The standard InChI is InChI=1S/C48H50ClN4O2.BF4/c1-50(2)38-20-16-32(17-21-38)44-28-36(42-26-24-40(52(5)6)30-46(42)54-44)14-12-34-10-9-11-35(48(34)49)13-15-37-29-45(33-18-22-39(23-19-33)51(3)4)55-47-31-41(53(7)8)25-27-43(37)47;2-1(3,4)5/h12-31H,9-11H2,1-8H3;/q+1;-1. The van der Waals surface area contributed by atoms with Gasteiger partial charge in [0, 0.05) is 107 Å². The van der Waals surface area contributed by atoms with Crippen molar-refractivity contribution < 1.29 is 26.4 Å². The summed E-state index contributed by atoms with van der Waals surface area (Å²) in [7, 11) is 10.4. The van der Waals surface area contributed by atoms with Crippen molar-refractivity contribution in [3.05, 3.63) is 148 Å². The molecule has 0 radical (unpaired) electrons. The number of anilines is 4. The van der Waals surface area contributed by atoms with Crippen molar-refractivity contribution >= 4 is 70.0 Å². The minimum absolute atomic E-state index is 0.817. The number of benzene rings is 4. The minimum atomic E-state index is -6.00. The third-order valence-electron chi connectivity index (χ3n) is 10.3. The van der Waals surface area contributed by atoms with Crippen LogP contribution in [-0.2, 0) is 0 Å². The highest BCUT2D eigenvalue weighted by atomic mass is 35.5. The predicted octanol–water partition coefficient (Wildman–Crippen LogP) is 13.1. The van der Waals surface area contributed by atoms with Gasteiger partial charge in [-0.3, -0.25) is 0 Å². The molecule has 0 saturated carbocycles. The Bertz CT molecular complexity index is 2500. The van der Waals surface area contributed by atoms with E-state index in [0.717, 1.165) is 114 Å². The molecule has 312 valence electrons. The third kappa shape index (κ3) is 10.8. The van der Waals surface area contributed by atoms with Crippen molar-refractivity contribution in [2.45, 2.75) is 19.3 Å². The lowest BCUT2D eigenvalue weighted by Crippen LogP contribution is -2.11. The number of allylic oxidation sites excluding steroid dienone is 8. The molecule has 0 amide bonds. The van der Waals surface area contributed by atoms with E-state index in [2.05, 4.69) is 141 Å². The van der Waals surface area contributed by atoms with Crippen LogP contribution in [0.15, 0.2) is 136 Å². The molecular weight excluding hydrogens is 787 g/mol. The first-order valence-corrected chi connectivity index (χ1v) is 20.0. The van der Waals surface area contributed by atoms with Gasteiger partial charge in [0.2, 0.25) is 0 Å². The summed E-state index contributed by atoms with van der Waals surface area (Å²) in [6.07, 6.45) is 13.8. The van der Waals surface area contributed by atoms with E-state index in [1.807, 2.05) is 56.4 Å². The van der Waals surface area contributed by atoms with Crippen molar-refractivity contribution in [1.82, 2.24) is 0 Å². The lowest BCUT2D eigenvalue weighted by atomic mass is 9.92. The van der Waals surface area contributed by atoms with Gasteiger partial charge in [-0.15, -0.1) is 0 Å². The molecule has 6 nitrogen and oxygen atoms in total. The fourth-order valence-corrected chi connectivity index (χ4v) is 7.27. The largest absolute Gasteiger partial charge is 0.673 e. The van der Waals surface area contributed by atoms with E-state index < -0.39 is 7.25 Å². The average molecular weight is 837 g/mol. The molecule has 7 rings (SSSR count). The van der Waals surface area contributed by atoms with Crippen LogP contribution in [0.1, 0.15) is 36.0 Å². The minimum Gasteiger partial charge on any atom is -0.456 e. The van der Waals surface area contributed by atoms with E-state index in [-0.39, 0.29) is 0 Å². The second kappa shape index (κ2) is 18.5. The summed E-state index contributed by atoms with van der Waals surface area (Å²) in [5.41, 5.74) is 12.8. The molecule has 5 aromatic rings. The summed E-state index contributed by atoms with van der Waals surface area (Å²) < 4.78 is 52.1. The van der Waals surface area contributed by atoms with Crippen LogP contribution in [0.2, 0.25) is 0 Å². The summed E-state index contributed by atoms with van der Waals surface area (Å²) in [6.45, 7) is 0. The van der Waals surface area contributed by atoms with Gasteiger partial charge in [0.25, 0.3) is 0 Å². The number of hydrogen-bond donors (Lipinski definition) is 0. The van der Waals surface area contributed by atoms with Crippen LogP contribution in [-0.4, -0.2) is 63.6 Å². The van der Waals surface area contributed by atoms with Crippen LogP contribution < -0.4 is 24.3 Å². The smallest absolute Gasteiger partial charge is 0.456 e. The van der Waals surface area contributed by atoms with Crippen molar-refractivity contribution in [3.63, 3.8) is 0 Å². The van der Waals surface area contributed by atoms with Gasteiger partial charge in [-0.25, -0.2) is 4.42 Å². The molecule has 12 heteroatoms. The first-order chi connectivity index (χ1) is 28.4. The van der Waals surface area contributed by atoms with E-state index in [0.29, 0.717) is 0 Å². The molecule has 4 aromatic carbocycles. The molecule has 0 bridgehead atoms. The lowest BCUT2D eigenvalue weighted by molar-refractivity contribution is 0.368. The third-order valence-corrected chi connectivity index (χ3v) is 10.8. The highest BCUT2D eigenvalue weighted by Crippen LogP contribution is 2.41. The number of rotatable bonds is 9. The zero-order chi connectivity index (χ0) is 43.3. The Morgan fingerprint density at radius 2 is 1.18 bits per heavy atom. The Balaban J connectivity index is 0.00000114. The lowest BCUT2D eigenvalue weighted by Gasteiger charge is -2.23. The first-order valence-electron chi connectivity index (χ1n) is 19.7. The van der Waals surface area contributed by atoms with Crippen LogP contribution >= 0.6 is 11.6 Å². The first kappa shape index (κ1) is 43.6. The molecule has 0 spiro atoms. The summed E-state index contributed by atoms with van der Waals surface area (Å²) in [4.78, 5) is 8.39. The molecule has 2 aliphatic rings. The monoisotopic (exact) mass is 836 g/mol. The normalized spacial score (nSPS) is 15.4. The molecule has 0 atom stereocenters. The van der Waals surface area contributed by atoms with Gasteiger partial charge in [0.15, 0.2) is 0 Å². The van der Waals surface area contributed by atoms with Gasteiger partial charge in [-0.2, -0.15) is 0 Å². The molecule has 1 aliphatic heterocycles. The Kier molecular flexibility index (Phi) is 13.5. The summed E-state index contributed by atoms with van der Waals surface area (Å²) in [6, 6.07) is 31.9. The van der Waals surface area contributed by atoms with Crippen LogP contribution in [0.4, 0.5) is 40.0 Å². The van der Waals surface area contributed by atoms with Gasteiger partial charge in [-0.05, 0) is 115 Å². The van der Waals surface area contributed by atoms with Crippen LogP contribution in [0, 0.1) is 0 Å². The Labute approximate surface area is 355 Å². The Hall–Kier alpha value is -5.94. The van der Waals surface area contributed by atoms with Crippen LogP contribution in [0.25, 0.3) is 39.7 Å². The molecule has 60 heavy (non-hydrogen) atoms. The zero-order valence-corrected chi connectivity index (χ0v) is 36.0. The molecule has 2 heterocycles. The van der Waals surface area contributed by atoms with E-state index >= 15 is 0 Å². The Morgan fingerprint density at radius 3 is 1.78 bits per heavy atom. The summed E-state index contributed by atoms with van der Waals surface area (Å²) >= 11 is 7.25. The Morgan fingerprint density at radius 1 is 0.633 bits per heavy atom. The second-order valence-electron chi connectivity index (χ2n) is 15.5. The predicted molar refractivity (Wildman–Crippen MR) is 247 cm³/mol. The maximum absolute atomic E-state index is 9.75. The van der Waals surface area contributed by atoms with Crippen molar-refractivity contribution in [2.75, 3.05) is 76.0 Å². The van der Waals surface area contributed by atoms with Crippen LogP contribution in [0.3, 0.4) is 0 Å². The SMILES string of the molecule is CN(C)c1ccc(C2=C/C(=C\C=C3/CCCC(/C=C/c4cc(-c5ccc(N(C)C)cc5)[o+]c5cc(N(C)C)ccc45)=C3Cl)c3ccc(N(C)C)cc3O2)cc1.F[B-](F)(F)F. The maximum Gasteiger partial charge on any atom is 0.673 e. The zero-order valence-electron chi connectivity index (χ0n) is 35.2. The van der Waals surface area contributed by atoms with Crippen molar-refractivity contribution in [1.29, 1.82) is 0 Å². The molecule has 0 fully saturated rings. The molecule has 1 aromatic heterocycles. The summed E-state index contributed by atoms with van der Waals surface area (Å²) in [5.74, 6) is 2.48. The van der Waals surface area contributed by atoms with E-state index in [1.165, 1.54) is 0 Å². The van der Waals surface area contributed by atoms with Gasteiger partial charge >= 0.3 is 18.6 Å². The van der Waals surface area contributed by atoms with Gasteiger partial charge < -0.3 is 41.6 Å². The maximum atomic E-state index is 9.75. The molecule has 0 saturated heterocycles. The quantitative estimate of drug-likeness (QED) is 0.0836. The summed E-state index contributed by atoms with van der Waals surface area (Å²) in [5, 5.41) is 1.87. The fraction of sp³-hybridized carbons (Fsp3) is 0.229. The number of fused-ring (bicyclic) bond motifs is 2. The van der Waals surface area contributed by atoms with Gasteiger partial charge in [0.1, 0.15) is 11.5 Å².